The SMILES string of the molecule is CN=C(NCC(c1cccc(OC)c1)N1CCCC1)NCC1(C)CCCO1.I. The van der Waals surface area contributed by atoms with E-state index in [2.05, 4.69) is 45.6 Å². The minimum Gasteiger partial charge on any atom is -0.497 e. The first-order valence-corrected chi connectivity index (χ1v) is 10.1. The van der Waals surface area contributed by atoms with Crippen molar-refractivity contribution in [2.75, 3.05) is 46.9 Å². The number of rotatable bonds is 7. The fourth-order valence-electron chi connectivity index (χ4n) is 4.02. The number of methoxy groups -OCH3 is 1. The molecule has 1 aromatic carbocycles. The maximum atomic E-state index is 5.87. The molecule has 0 aromatic heterocycles. The van der Waals surface area contributed by atoms with Gasteiger partial charge in [-0.3, -0.25) is 9.89 Å². The number of hydrogen-bond donors (Lipinski definition) is 2. The van der Waals surface area contributed by atoms with E-state index in [0.717, 1.165) is 57.3 Å². The number of hydrogen-bond acceptors (Lipinski definition) is 4. The number of nitrogens with one attached hydrogen (secondary N) is 2. The lowest BCUT2D eigenvalue weighted by molar-refractivity contribution is 0.0242. The van der Waals surface area contributed by atoms with Crippen LogP contribution >= 0.6 is 24.0 Å². The van der Waals surface area contributed by atoms with Crippen LogP contribution in [0.3, 0.4) is 0 Å². The maximum absolute atomic E-state index is 5.87. The lowest BCUT2D eigenvalue weighted by Gasteiger charge is -2.30. The van der Waals surface area contributed by atoms with Crippen LogP contribution in [0.5, 0.6) is 5.75 Å². The molecule has 2 saturated heterocycles. The third-order valence-electron chi connectivity index (χ3n) is 5.68. The molecule has 0 saturated carbocycles. The molecule has 2 N–H and O–H groups in total. The van der Waals surface area contributed by atoms with Crippen molar-refractivity contribution < 1.29 is 9.47 Å². The highest BCUT2D eigenvalue weighted by atomic mass is 127. The van der Waals surface area contributed by atoms with Crippen LogP contribution in [0, 0.1) is 0 Å². The van der Waals surface area contributed by atoms with Crippen molar-refractivity contribution in [3.63, 3.8) is 0 Å². The Bertz CT molecular complexity index is 629. The molecule has 2 aliphatic rings. The molecular weight excluding hydrogens is 467 g/mol. The lowest BCUT2D eigenvalue weighted by atomic mass is 10.0. The molecule has 2 heterocycles. The number of nitrogens with zero attached hydrogens (tertiary/aromatic N) is 2. The fourth-order valence-corrected chi connectivity index (χ4v) is 4.02. The van der Waals surface area contributed by atoms with Gasteiger partial charge in [0.15, 0.2) is 5.96 Å². The van der Waals surface area contributed by atoms with Crippen molar-refractivity contribution >= 4 is 29.9 Å². The highest BCUT2D eigenvalue weighted by Crippen LogP contribution is 2.27. The summed E-state index contributed by atoms with van der Waals surface area (Å²) in [6.45, 7) is 6.90. The molecule has 2 aliphatic heterocycles. The van der Waals surface area contributed by atoms with E-state index in [9.17, 15) is 0 Å². The van der Waals surface area contributed by atoms with Gasteiger partial charge in [0.1, 0.15) is 5.75 Å². The molecule has 0 bridgehead atoms. The first-order valence-electron chi connectivity index (χ1n) is 10.1. The molecule has 28 heavy (non-hydrogen) atoms. The first kappa shape index (κ1) is 23.2. The van der Waals surface area contributed by atoms with E-state index in [1.807, 2.05) is 13.1 Å². The van der Waals surface area contributed by atoms with Gasteiger partial charge in [-0.1, -0.05) is 12.1 Å². The highest BCUT2D eigenvalue weighted by molar-refractivity contribution is 14.0. The van der Waals surface area contributed by atoms with Crippen LogP contribution in [-0.4, -0.2) is 63.4 Å². The summed E-state index contributed by atoms with van der Waals surface area (Å²) in [4.78, 5) is 6.95. The summed E-state index contributed by atoms with van der Waals surface area (Å²) in [6.07, 6.45) is 4.76. The van der Waals surface area contributed by atoms with Gasteiger partial charge in [0.25, 0.3) is 0 Å². The van der Waals surface area contributed by atoms with Crippen LogP contribution in [0.2, 0.25) is 0 Å². The topological polar surface area (TPSA) is 58.1 Å². The smallest absolute Gasteiger partial charge is 0.191 e. The zero-order chi connectivity index (χ0) is 19.1. The molecule has 158 valence electrons. The Hall–Kier alpha value is -1.06. The van der Waals surface area contributed by atoms with Gasteiger partial charge in [0.2, 0.25) is 0 Å². The molecule has 2 atom stereocenters. The largest absolute Gasteiger partial charge is 0.497 e. The van der Waals surface area contributed by atoms with Gasteiger partial charge in [-0.05, 0) is 63.4 Å². The van der Waals surface area contributed by atoms with Crippen LogP contribution < -0.4 is 15.4 Å². The molecular formula is C21H35IN4O2. The number of halogens is 1. The average molecular weight is 502 g/mol. The average Bonchev–Trinajstić information content (AvgIpc) is 3.37. The molecule has 0 spiro atoms. The van der Waals surface area contributed by atoms with Crippen molar-refractivity contribution in [1.29, 1.82) is 0 Å². The number of aliphatic imine (C=N–C) groups is 1. The minimum absolute atomic E-state index is 0. The minimum atomic E-state index is -0.0846. The van der Waals surface area contributed by atoms with Gasteiger partial charge in [-0.25, -0.2) is 0 Å². The van der Waals surface area contributed by atoms with Gasteiger partial charge in [-0.15, -0.1) is 24.0 Å². The Kier molecular flexibility index (Phi) is 9.30. The summed E-state index contributed by atoms with van der Waals surface area (Å²) in [5.41, 5.74) is 1.20. The van der Waals surface area contributed by atoms with Crippen molar-refractivity contribution in [3.8, 4) is 5.75 Å². The van der Waals surface area contributed by atoms with Crippen LogP contribution in [0.25, 0.3) is 0 Å². The van der Waals surface area contributed by atoms with E-state index in [4.69, 9.17) is 9.47 Å². The van der Waals surface area contributed by atoms with Crippen molar-refractivity contribution in [2.45, 2.75) is 44.2 Å². The number of likely N-dealkylation sites (tertiary alicyclic amines) is 1. The summed E-state index contributed by atoms with van der Waals surface area (Å²) < 4.78 is 11.3. The van der Waals surface area contributed by atoms with Gasteiger partial charge in [0, 0.05) is 26.7 Å². The zero-order valence-electron chi connectivity index (χ0n) is 17.4. The van der Waals surface area contributed by atoms with E-state index in [1.165, 1.54) is 18.4 Å². The standard InChI is InChI=1S/C21H34N4O2.HI/c1-21(10-7-13-27-21)16-24-20(22-2)23-15-19(25-11-4-5-12-25)17-8-6-9-18(14-17)26-3;/h6,8-9,14,19H,4-5,7,10-13,15-16H2,1-3H3,(H2,22,23,24);1H. The molecule has 0 aliphatic carbocycles. The Morgan fingerprint density at radius 1 is 1.29 bits per heavy atom. The lowest BCUT2D eigenvalue weighted by Crippen LogP contribution is -2.47. The zero-order valence-corrected chi connectivity index (χ0v) is 19.7. The van der Waals surface area contributed by atoms with Gasteiger partial charge in [0.05, 0.1) is 18.8 Å². The van der Waals surface area contributed by atoms with Crippen LogP contribution in [-0.2, 0) is 4.74 Å². The van der Waals surface area contributed by atoms with E-state index in [1.54, 1.807) is 7.11 Å². The molecule has 2 unspecified atom stereocenters. The molecule has 0 radical (unpaired) electrons. The number of ether oxygens (including phenoxy) is 2. The van der Waals surface area contributed by atoms with E-state index < -0.39 is 0 Å². The Balaban J connectivity index is 0.00000280. The van der Waals surface area contributed by atoms with E-state index >= 15 is 0 Å². The molecule has 6 nitrogen and oxygen atoms in total. The third-order valence-corrected chi connectivity index (χ3v) is 5.68. The normalized spacial score (nSPS) is 23.9. The summed E-state index contributed by atoms with van der Waals surface area (Å²) in [6, 6.07) is 8.72. The fraction of sp³-hybridized carbons (Fsp3) is 0.667. The number of benzene rings is 1. The van der Waals surface area contributed by atoms with Crippen LogP contribution in [0.1, 0.15) is 44.2 Å². The second-order valence-electron chi connectivity index (χ2n) is 7.74. The quantitative estimate of drug-likeness (QED) is 0.341. The second-order valence-corrected chi connectivity index (χ2v) is 7.74. The van der Waals surface area contributed by atoms with Crippen molar-refractivity contribution in [1.82, 2.24) is 15.5 Å². The monoisotopic (exact) mass is 502 g/mol. The van der Waals surface area contributed by atoms with Gasteiger partial charge in [-0.2, -0.15) is 0 Å². The summed E-state index contributed by atoms with van der Waals surface area (Å²) in [7, 11) is 3.54. The molecule has 2 fully saturated rings. The number of guanidine groups is 1. The molecule has 0 amide bonds. The van der Waals surface area contributed by atoms with Crippen LogP contribution in [0.15, 0.2) is 29.3 Å². The van der Waals surface area contributed by atoms with Gasteiger partial charge < -0.3 is 20.1 Å². The van der Waals surface area contributed by atoms with Crippen molar-refractivity contribution in [2.24, 2.45) is 4.99 Å². The molecule has 3 rings (SSSR count). The van der Waals surface area contributed by atoms with E-state index in [0.29, 0.717) is 6.04 Å². The maximum Gasteiger partial charge on any atom is 0.191 e. The first-order chi connectivity index (χ1) is 13.1. The summed E-state index contributed by atoms with van der Waals surface area (Å²) in [5, 5.41) is 6.97. The second kappa shape index (κ2) is 11.2. The summed E-state index contributed by atoms with van der Waals surface area (Å²) >= 11 is 0. The Morgan fingerprint density at radius 2 is 2.07 bits per heavy atom. The van der Waals surface area contributed by atoms with E-state index in [-0.39, 0.29) is 29.6 Å². The van der Waals surface area contributed by atoms with Gasteiger partial charge >= 0.3 is 0 Å². The highest BCUT2D eigenvalue weighted by Gasteiger charge is 2.30. The van der Waals surface area contributed by atoms with Crippen molar-refractivity contribution in [3.05, 3.63) is 29.8 Å². The predicted molar refractivity (Wildman–Crippen MR) is 125 cm³/mol. The summed E-state index contributed by atoms with van der Waals surface area (Å²) in [5.74, 6) is 1.74. The molecule has 7 heteroatoms. The third kappa shape index (κ3) is 6.22. The molecule has 1 aromatic rings. The predicted octanol–water partition coefficient (Wildman–Crippen LogP) is 3.18. The Morgan fingerprint density at radius 3 is 2.71 bits per heavy atom. The van der Waals surface area contributed by atoms with Crippen LogP contribution in [0.4, 0.5) is 0 Å². The Labute approximate surface area is 186 Å².